The van der Waals surface area contributed by atoms with Gasteiger partial charge in [-0.05, 0) is 25.5 Å². The number of hydrogen-bond acceptors (Lipinski definition) is 3. The van der Waals surface area contributed by atoms with Crippen LogP contribution in [0.2, 0.25) is 0 Å². The van der Waals surface area contributed by atoms with E-state index in [1.807, 2.05) is 13.8 Å². The molecule has 1 amide bonds. The number of nitrogens with one attached hydrogen (secondary N) is 1. The molecule has 0 radical (unpaired) electrons. The van der Waals surface area contributed by atoms with Crippen LogP contribution in [0.25, 0.3) is 0 Å². The van der Waals surface area contributed by atoms with Crippen molar-refractivity contribution in [3.05, 3.63) is 23.5 Å². The summed E-state index contributed by atoms with van der Waals surface area (Å²) in [5.41, 5.74) is 1.31. The Kier molecular flexibility index (Phi) is 2.74. The summed E-state index contributed by atoms with van der Waals surface area (Å²) >= 11 is 0. The zero-order valence-electron chi connectivity index (χ0n) is 7.16. The average molecular weight is 165 g/mol. The van der Waals surface area contributed by atoms with Gasteiger partial charge in [-0.25, -0.2) is 0 Å². The van der Waals surface area contributed by atoms with Crippen LogP contribution in [-0.4, -0.2) is 22.6 Å². The minimum atomic E-state index is -0.172. The van der Waals surface area contributed by atoms with Gasteiger partial charge in [0.1, 0.15) is 0 Å². The summed E-state index contributed by atoms with van der Waals surface area (Å²) in [7, 11) is 0. The fraction of sp³-hybridized carbons (Fsp3) is 0.375. The summed E-state index contributed by atoms with van der Waals surface area (Å²) in [4.78, 5) is 11.2. The van der Waals surface area contributed by atoms with Crippen molar-refractivity contribution in [2.75, 3.05) is 6.54 Å². The quantitative estimate of drug-likeness (QED) is 0.695. The minimum absolute atomic E-state index is 0.172. The van der Waals surface area contributed by atoms with Crippen molar-refractivity contribution in [2.45, 2.75) is 13.8 Å². The van der Waals surface area contributed by atoms with Crippen molar-refractivity contribution in [1.29, 1.82) is 0 Å². The highest BCUT2D eigenvalue weighted by molar-refractivity contribution is 5.92. The van der Waals surface area contributed by atoms with Gasteiger partial charge in [0.25, 0.3) is 5.91 Å². The van der Waals surface area contributed by atoms with E-state index in [-0.39, 0.29) is 5.91 Å². The summed E-state index contributed by atoms with van der Waals surface area (Å²) in [5.74, 6) is -0.172. The van der Waals surface area contributed by atoms with Crippen LogP contribution >= 0.6 is 0 Å². The predicted molar refractivity (Wildman–Crippen MR) is 44.8 cm³/mol. The molecule has 4 nitrogen and oxygen atoms in total. The van der Waals surface area contributed by atoms with E-state index in [1.165, 1.54) is 0 Å². The molecule has 4 heteroatoms. The van der Waals surface area contributed by atoms with Crippen LogP contribution in [0.5, 0.6) is 0 Å². The van der Waals surface area contributed by atoms with E-state index in [2.05, 4.69) is 15.5 Å². The highest BCUT2D eigenvalue weighted by Crippen LogP contribution is 1.96. The molecule has 1 rings (SSSR count). The van der Waals surface area contributed by atoms with Gasteiger partial charge >= 0.3 is 0 Å². The van der Waals surface area contributed by atoms with E-state index in [1.54, 1.807) is 12.3 Å². The third kappa shape index (κ3) is 2.02. The van der Waals surface area contributed by atoms with E-state index >= 15 is 0 Å². The van der Waals surface area contributed by atoms with Crippen LogP contribution in [0.3, 0.4) is 0 Å². The first-order valence-electron chi connectivity index (χ1n) is 3.81. The van der Waals surface area contributed by atoms with Crippen molar-refractivity contribution in [2.24, 2.45) is 0 Å². The van der Waals surface area contributed by atoms with Gasteiger partial charge in [0, 0.05) is 6.54 Å². The predicted octanol–water partition coefficient (Wildman–Crippen LogP) is 0.535. The van der Waals surface area contributed by atoms with E-state index in [4.69, 9.17) is 0 Å². The Balaban J connectivity index is 2.81. The molecule has 0 aliphatic rings. The molecule has 0 atom stereocenters. The Labute approximate surface area is 71.0 Å². The Hall–Kier alpha value is -1.45. The maximum absolute atomic E-state index is 11.2. The second kappa shape index (κ2) is 3.80. The molecule has 64 valence electrons. The lowest BCUT2D eigenvalue weighted by Crippen LogP contribution is -2.24. The van der Waals surface area contributed by atoms with Crippen LogP contribution in [0.1, 0.15) is 23.0 Å². The normalized spacial score (nSPS) is 9.50. The number of carbonyl (C=O) groups is 1. The van der Waals surface area contributed by atoms with Gasteiger partial charge in [-0.3, -0.25) is 4.79 Å². The fourth-order valence-corrected chi connectivity index (χ4v) is 0.826. The maximum atomic E-state index is 11.2. The van der Waals surface area contributed by atoms with Crippen molar-refractivity contribution < 1.29 is 4.79 Å². The van der Waals surface area contributed by atoms with Crippen LogP contribution in [0.15, 0.2) is 12.3 Å². The molecule has 0 saturated heterocycles. The first-order chi connectivity index (χ1) is 5.74. The summed E-state index contributed by atoms with van der Waals surface area (Å²) < 4.78 is 0. The number of hydrogen-bond donors (Lipinski definition) is 1. The first kappa shape index (κ1) is 8.64. The van der Waals surface area contributed by atoms with Gasteiger partial charge in [-0.1, -0.05) is 0 Å². The molecular formula is C8H11N3O. The molecule has 0 bridgehead atoms. The molecule has 1 N–H and O–H groups in total. The highest BCUT2D eigenvalue weighted by Gasteiger charge is 2.05. The SMILES string of the molecule is CCNC(=O)c1cc(C)cnn1. The maximum Gasteiger partial charge on any atom is 0.271 e. The lowest BCUT2D eigenvalue weighted by Gasteiger charge is -1.99. The molecule has 1 aromatic heterocycles. The standard InChI is InChI=1S/C8H11N3O/c1-3-9-8(12)7-4-6(2)5-10-11-7/h4-5H,3H2,1-2H3,(H,9,12). The molecule has 0 aliphatic carbocycles. The number of amides is 1. The third-order valence-corrected chi connectivity index (χ3v) is 1.36. The van der Waals surface area contributed by atoms with Crippen LogP contribution in [-0.2, 0) is 0 Å². The topological polar surface area (TPSA) is 54.9 Å². The van der Waals surface area contributed by atoms with E-state index in [0.29, 0.717) is 12.2 Å². The Morgan fingerprint density at radius 1 is 1.67 bits per heavy atom. The molecule has 1 aromatic rings. The van der Waals surface area contributed by atoms with Crippen LogP contribution in [0.4, 0.5) is 0 Å². The van der Waals surface area contributed by atoms with Gasteiger partial charge in [0.2, 0.25) is 0 Å². The summed E-state index contributed by atoms with van der Waals surface area (Å²) in [6.07, 6.45) is 1.61. The number of nitrogens with zero attached hydrogens (tertiary/aromatic N) is 2. The third-order valence-electron chi connectivity index (χ3n) is 1.36. The van der Waals surface area contributed by atoms with Crippen LogP contribution < -0.4 is 5.32 Å². The monoisotopic (exact) mass is 165 g/mol. The Morgan fingerprint density at radius 2 is 2.42 bits per heavy atom. The van der Waals surface area contributed by atoms with Gasteiger partial charge < -0.3 is 5.32 Å². The van der Waals surface area contributed by atoms with Crippen molar-refractivity contribution >= 4 is 5.91 Å². The molecule has 0 fully saturated rings. The molecular weight excluding hydrogens is 154 g/mol. The van der Waals surface area contributed by atoms with Crippen molar-refractivity contribution in [3.8, 4) is 0 Å². The Bertz CT molecular complexity index is 285. The number of carbonyl (C=O) groups excluding carboxylic acids is 1. The lowest BCUT2D eigenvalue weighted by atomic mass is 10.3. The molecule has 0 unspecified atom stereocenters. The van der Waals surface area contributed by atoms with Gasteiger partial charge in [0.15, 0.2) is 5.69 Å². The lowest BCUT2D eigenvalue weighted by molar-refractivity contribution is 0.0949. The zero-order chi connectivity index (χ0) is 8.97. The number of rotatable bonds is 2. The first-order valence-corrected chi connectivity index (χ1v) is 3.81. The second-order valence-electron chi connectivity index (χ2n) is 2.48. The largest absolute Gasteiger partial charge is 0.351 e. The van der Waals surface area contributed by atoms with Gasteiger partial charge in [-0.15, -0.1) is 5.10 Å². The molecule has 0 aromatic carbocycles. The number of aromatic nitrogens is 2. The van der Waals surface area contributed by atoms with Gasteiger partial charge in [-0.2, -0.15) is 5.10 Å². The average Bonchev–Trinajstić information content (AvgIpc) is 2.05. The van der Waals surface area contributed by atoms with Crippen LogP contribution in [0, 0.1) is 6.92 Å². The number of aryl methyl sites for hydroxylation is 1. The summed E-state index contributed by atoms with van der Waals surface area (Å²) in [6.45, 7) is 4.34. The highest BCUT2D eigenvalue weighted by atomic mass is 16.1. The molecule has 0 saturated carbocycles. The van der Waals surface area contributed by atoms with E-state index in [9.17, 15) is 4.79 Å². The molecule has 0 aliphatic heterocycles. The second-order valence-corrected chi connectivity index (χ2v) is 2.48. The summed E-state index contributed by atoms with van der Waals surface area (Å²) in [6, 6.07) is 1.71. The minimum Gasteiger partial charge on any atom is -0.351 e. The van der Waals surface area contributed by atoms with Crippen molar-refractivity contribution in [1.82, 2.24) is 15.5 Å². The van der Waals surface area contributed by atoms with Crippen molar-refractivity contribution in [3.63, 3.8) is 0 Å². The smallest absolute Gasteiger partial charge is 0.271 e. The van der Waals surface area contributed by atoms with Gasteiger partial charge in [0.05, 0.1) is 6.20 Å². The molecule has 0 spiro atoms. The van der Waals surface area contributed by atoms with E-state index < -0.39 is 0 Å². The van der Waals surface area contributed by atoms with E-state index in [0.717, 1.165) is 5.56 Å². The molecule has 1 heterocycles. The summed E-state index contributed by atoms with van der Waals surface area (Å²) in [5, 5.41) is 10.0. The zero-order valence-corrected chi connectivity index (χ0v) is 7.16. The fourth-order valence-electron chi connectivity index (χ4n) is 0.826. The Morgan fingerprint density at radius 3 is 3.00 bits per heavy atom. The molecule has 12 heavy (non-hydrogen) atoms.